The quantitative estimate of drug-likeness (QED) is 0.0350. The number of unbranched alkanes of at least 4 members (excludes halogenated alkanes) is 24. The Bertz CT molecular complexity index is 837. The van der Waals surface area contributed by atoms with Crippen molar-refractivity contribution in [1.29, 1.82) is 0 Å². The van der Waals surface area contributed by atoms with Crippen LogP contribution in [-0.4, -0.2) is 37.2 Å². The Morgan fingerprint density at radius 1 is 0.315 bits per heavy atom. The number of carbonyl (C=O) groups is 3. The topological polar surface area (TPSA) is 78.9 Å². The summed E-state index contributed by atoms with van der Waals surface area (Å²) in [4.78, 5) is 37.7. The third-order valence-electron chi connectivity index (χ3n) is 10.6. The molecular weight excluding hydrogens is 673 g/mol. The Morgan fingerprint density at radius 2 is 0.537 bits per heavy atom. The highest BCUT2D eigenvalue weighted by molar-refractivity contribution is 5.71. The first-order valence-electron chi connectivity index (χ1n) is 23.6. The maximum Gasteiger partial charge on any atom is 0.306 e. The fourth-order valence-electron chi connectivity index (χ4n) is 7.06. The van der Waals surface area contributed by atoms with Crippen molar-refractivity contribution >= 4 is 17.9 Å². The molecule has 1 atom stereocenters. The van der Waals surface area contributed by atoms with Crippen LogP contribution in [0.1, 0.15) is 253 Å². The molecule has 320 valence electrons. The molecule has 0 aromatic heterocycles. The lowest BCUT2D eigenvalue weighted by Gasteiger charge is -2.18. The minimum atomic E-state index is -0.762. The zero-order chi connectivity index (χ0) is 39.9. The Balaban J connectivity index is 4.28. The van der Waals surface area contributed by atoms with E-state index in [4.69, 9.17) is 14.2 Å². The summed E-state index contributed by atoms with van der Waals surface area (Å²) < 4.78 is 16.7. The van der Waals surface area contributed by atoms with E-state index in [0.717, 1.165) is 75.5 Å². The minimum absolute atomic E-state index is 0.0665. The monoisotopic (exact) mass is 765 g/mol. The number of ether oxygens (including phenoxy) is 3. The smallest absolute Gasteiger partial charge is 0.306 e. The van der Waals surface area contributed by atoms with E-state index in [1.54, 1.807) is 0 Å². The van der Waals surface area contributed by atoms with E-state index >= 15 is 0 Å². The van der Waals surface area contributed by atoms with Crippen molar-refractivity contribution < 1.29 is 28.6 Å². The average Bonchev–Trinajstić information content (AvgIpc) is 3.12. The molecule has 0 saturated heterocycles. The molecule has 54 heavy (non-hydrogen) atoms. The molecule has 0 aromatic rings. The van der Waals surface area contributed by atoms with E-state index in [9.17, 15) is 14.4 Å². The maximum atomic E-state index is 12.7. The van der Waals surface area contributed by atoms with Crippen molar-refractivity contribution in [2.24, 2.45) is 17.8 Å². The van der Waals surface area contributed by atoms with E-state index in [1.807, 2.05) is 0 Å². The van der Waals surface area contributed by atoms with Gasteiger partial charge >= 0.3 is 17.9 Å². The first kappa shape index (κ1) is 52.4. The highest BCUT2D eigenvalue weighted by atomic mass is 16.6. The zero-order valence-corrected chi connectivity index (χ0v) is 37.0. The average molecular weight is 765 g/mol. The van der Waals surface area contributed by atoms with Crippen LogP contribution >= 0.6 is 0 Å². The van der Waals surface area contributed by atoms with Crippen molar-refractivity contribution in [3.63, 3.8) is 0 Å². The predicted molar refractivity (Wildman–Crippen MR) is 229 cm³/mol. The number of hydrogen-bond donors (Lipinski definition) is 0. The highest BCUT2D eigenvalue weighted by Crippen LogP contribution is 2.17. The molecule has 6 nitrogen and oxygen atoms in total. The molecule has 0 fully saturated rings. The largest absolute Gasteiger partial charge is 0.462 e. The lowest BCUT2D eigenvalue weighted by atomic mass is 10.0. The lowest BCUT2D eigenvalue weighted by molar-refractivity contribution is -0.167. The van der Waals surface area contributed by atoms with Crippen LogP contribution in [-0.2, 0) is 28.6 Å². The van der Waals surface area contributed by atoms with Crippen LogP contribution in [0, 0.1) is 17.8 Å². The maximum absolute atomic E-state index is 12.7. The Hall–Kier alpha value is -1.59. The number of rotatable bonds is 41. The number of carbonyl (C=O) groups excluding carboxylic acids is 3. The molecule has 0 aromatic carbocycles. The van der Waals surface area contributed by atoms with Gasteiger partial charge in [0.2, 0.25) is 0 Å². The van der Waals surface area contributed by atoms with Gasteiger partial charge in [0.05, 0.1) is 0 Å². The van der Waals surface area contributed by atoms with Gasteiger partial charge in [0.15, 0.2) is 6.10 Å². The highest BCUT2D eigenvalue weighted by Gasteiger charge is 2.19. The standard InChI is InChI=1S/C48H92O6/c1-42(2)34-28-22-16-12-10-8-7-9-11-13-19-25-31-37-46(49)52-40-45(54-48(51)39-33-27-21-15-18-24-30-36-44(5)6)41-53-47(50)38-32-26-20-14-17-23-29-35-43(3)4/h42-45H,7-41H2,1-6H3/t45-/m0/s1. The van der Waals surface area contributed by atoms with Gasteiger partial charge in [-0.25, -0.2) is 0 Å². The third-order valence-corrected chi connectivity index (χ3v) is 10.6. The van der Waals surface area contributed by atoms with Crippen LogP contribution < -0.4 is 0 Å². The van der Waals surface area contributed by atoms with E-state index in [-0.39, 0.29) is 31.1 Å². The van der Waals surface area contributed by atoms with Crippen LogP contribution in [0.3, 0.4) is 0 Å². The molecule has 6 heteroatoms. The van der Waals surface area contributed by atoms with Crippen molar-refractivity contribution in [2.75, 3.05) is 13.2 Å². The fourth-order valence-corrected chi connectivity index (χ4v) is 7.06. The summed E-state index contributed by atoms with van der Waals surface area (Å²) in [5, 5.41) is 0. The summed E-state index contributed by atoms with van der Waals surface area (Å²) in [6, 6.07) is 0. The summed E-state index contributed by atoms with van der Waals surface area (Å²) in [6.07, 6.45) is 36.8. The van der Waals surface area contributed by atoms with Gasteiger partial charge in [0.1, 0.15) is 13.2 Å². The molecule has 0 radical (unpaired) electrons. The first-order valence-corrected chi connectivity index (χ1v) is 23.6. The second-order valence-corrected chi connectivity index (χ2v) is 17.8. The Kier molecular flexibility index (Phi) is 38.5. The van der Waals surface area contributed by atoms with Gasteiger partial charge in [-0.05, 0) is 37.0 Å². The summed E-state index contributed by atoms with van der Waals surface area (Å²) in [6.45, 7) is 13.6. The molecule has 0 amide bonds. The molecule has 0 bridgehead atoms. The van der Waals surface area contributed by atoms with Crippen molar-refractivity contribution in [1.82, 2.24) is 0 Å². The van der Waals surface area contributed by atoms with Gasteiger partial charge in [-0.1, -0.05) is 215 Å². The lowest BCUT2D eigenvalue weighted by Crippen LogP contribution is -2.30. The van der Waals surface area contributed by atoms with Crippen LogP contribution in [0.4, 0.5) is 0 Å². The number of hydrogen-bond acceptors (Lipinski definition) is 6. The van der Waals surface area contributed by atoms with Crippen LogP contribution in [0.25, 0.3) is 0 Å². The first-order chi connectivity index (χ1) is 26.1. The number of esters is 3. The third kappa shape index (κ3) is 41.6. The van der Waals surface area contributed by atoms with Crippen LogP contribution in [0.2, 0.25) is 0 Å². The normalized spacial score (nSPS) is 12.2. The SMILES string of the molecule is CC(C)CCCCCCCCCCCCCCCC(=O)OC[C@@H](COC(=O)CCCCCCCCCC(C)C)OC(=O)CCCCCCCCCC(C)C. The van der Waals surface area contributed by atoms with Gasteiger partial charge in [-0.15, -0.1) is 0 Å². The summed E-state index contributed by atoms with van der Waals surface area (Å²) in [5.74, 6) is 1.53. The fraction of sp³-hybridized carbons (Fsp3) is 0.938. The van der Waals surface area contributed by atoms with E-state index in [2.05, 4.69) is 41.5 Å². The zero-order valence-electron chi connectivity index (χ0n) is 37.0. The van der Waals surface area contributed by atoms with Gasteiger partial charge in [0.25, 0.3) is 0 Å². The van der Waals surface area contributed by atoms with Crippen molar-refractivity contribution in [2.45, 2.75) is 260 Å². The second kappa shape index (κ2) is 39.6. The van der Waals surface area contributed by atoms with Crippen molar-refractivity contribution in [3.8, 4) is 0 Å². The van der Waals surface area contributed by atoms with E-state index in [1.165, 1.54) is 135 Å². The molecular formula is C48H92O6. The van der Waals surface area contributed by atoms with E-state index < -0.39 is 6.10 Å². The van der Waals surface area contributed by atoms with Crippen molar-refractivity contribution in [3.05, 3.63) is 0 Å². The Labute approximate surface area is 336 Å². The van der Waals surface area contributed by atoms with E-state index in [0.29, 0.717) is 19.3 Å². The molecule has 0 aliphatic heterocycles. The molecule has 0 aliphatic rings. The molecule has 0 spiro atoms. The molecule has 0 aliphatic carbocycles. The Morgan fingerprint density at radius 3 is 0.796 bits per heavy atom. The molecule has 0 rings (SSSR count). The minimum Gasteiger partial charge on any atom is -0.462 e. The molecule has 0 heterocycles. The summed E-state index contributed by atoms with van der Waals surface area (Å²) in [7, 11) is 0. The van der Waals surface area contributed by atoms with Gasteiger partial charge < -0.3 is 14.2 Å². The summed E-state index contributed by atoms with van der Waals surface area (Å²) >= 11 is 0. The van der Waals surface area contributed by atoms with Crippen LogP contribution in [0.5, 0.6) is 0 Å². The molecule has 0 unspecified atom stereocenters. The van der Waals surface area contributed by atoms with Crippen LogP contribution in [0.15, 0.2) is 0 Å². The molecule has 0 N–H and O–H groups in total. The summed E-state index contributed by atoms with van der Waals surface area (Å²) in [5.41, 5.74) is 0. The molecule has 0 saturated carbocycles. The van der Waals surface area contributed by atoms with Gasteiger partial charge in [0, 0.05) is 19.3 Å². The predicted octanol–water partition coefficient (Wildman–Crippen LogP) is 14.8. The second-order valence-electron chi connectivity index (χ2n) is 17.8. The van der Waals surface area contributed by atoms with Gasteiger partial charge in [-0.2, -0.15) is 0 Å². The van der Waals surface area contributed by atoms with Gasteiger partial charge in [-0.3, -0.25) is 14.4 Å².